The van der Waals surface area contributed by atoms with E-state index in [4.69, 9.17) is 9.72 Å². The molecule has 0 saturated heterocycles. The SMILES string of the molecule is c1ccc(-c2cc(-c3ccccc3)nc(-c3ccc4c(c3)Oc3ccccc3C43c4ccccc4-n4c5ccccc5c5cccc3c54)c2)cc1. The molecule has 9 aromatic rings. The van der Waals surface area contributed by atoms with Crippen LogP contribution in [-0.4, -0.2) is 9.55 Å². The van der Waals surface area contributed by atoms with Crippen LogP contribution < -0.4 is 4.74 Å². The van der Waals surface area contributed by atoms with Crippen molar-refractivity contribution in [3.8, 4) is 50.8 Å². The third-order valence-corrected chi connectivity index (χ3v) is 10.8. The lowest BCUT2D eigenvalue weighted by molar-refractivity contribution is 0.434. The zero-order valence-electron chi connectivity index (χ0n) is 27.6. The summed E-state index contributed by atoms with van der Waals surface area (Å²) in [5, 5.41) is 2.52. The van der Waals surface area contributed by atoms with E-state index in [1.807, 2.05) is 6.07 Å². The molecule has 11 rings (SSSR count). The van der Waals surface area contributed by atoms with Gasteiger partial charge in [0.1, 0.15) is 11.5 Å². The zero-order valence-corrected chi connectivity index (χ0v) is 27.6. The van der Waals surface area contributed by atoms with Crippen molar-refractivity contribution in [1.82, 2.24) is 9.55 Å². The van der Waals surface area contributed by atoms with E-state index in [-0.39, 0.29) is 0 Å². The van der Waals surface area contributed by atoms with Gasteiger partial charge in [-0.15, -0.1) is 0 Å². The Morgan fingerprint density at radius 2 is 1.04 bits per heavy atom. The Hall–Kier alpha value is -6.71. The van der Waals surface area contributed by atoms with E-state index < -0.39 is 5.41 Å². The quantitative estimate of drug-likeness (QED) is 0.190. The minimum absolute atomic E-state index is 0.600. The highest BCUT2D eigenvalue weighted by atomic mass is 16.5. The largest absolute Gasteiger partial charge is 0.457 e. The number of pyridine rings is 1. The molecule has 3 nitrogen and oxygen atoms in total. The fraction of sp³-hybridized carbons (Fsp3) is 0.0208. The number of para-hydroxylation sites is 4. The van der Waals surface area contributed by atoms with E-state index >= 15 is 0 Å². The highest BCUT2D eigenvalue weighted by Crippen LogP contribution is 2.60. The van der Waals surface area contributed by atoms with Gasteiger partial charge in [0, 0.05) is 33.0 Å². The molecule has 238 valence electrons. The minimum Gasteiger partial charge on any atom is -0.457 e. The van der Waals surface area contributed by atoms with Crippen molar-refractivity contribution >= 4 is 21.8 Å². The molecule has 1 spiro atoms. The Morgan fingerprint density at radius 1 is 0.412 bits per heavy atom. The summed E-state index contributed by atoms with van der Waals surface area (Å²) in [6.45, 7) is 0. The van der Waals surface area contributed by atoms with Gasteiger partial charge in [0.25, 0.3) is 0 Å². The summed E-state index contributed by atoms with van der Waals surface area (Å²) in [5.74, 6) is 1.71. The summed E-state index contributed by atoms with van der Waals surface area (Å²) in [6.07, 6.45) is 0. The summed E-state index contributed by atoms with van der Waals surface area (Å²) in [6, 6.07) is 65.1. The van der Waals surface area contributed by atoms with Crippen LogP contribution in [0.3, 0.4) is 0 Å². The molecule has 4 heterocycles. The van der Waals surface area contributed by atoms with Crippen LogP contribution in [0.15, 0.2) is 182 Å². The van der Waals surface area contributed by atoms with E-state index in [0.717, 1.165) is 56.3 Å². The molecule has 2 aliphatic rings. The van der Waals surface area contributed by atoms with Crippen molar-refractivity contribution in [2.75, 3.05) is 0 Å². The Balaban J connectivity index is 1.20. The van der Waals surface area contributed by atoms with Crippen molar-refractivity contribution in [3.63, 3.8) is 0 Å². The van der Waals surface area contributed by atoms with Gasteiger partial charge >= 0.3 is 0 Å². The number of ether oxygens (including phenoxy) is 1. The number of fused-ring (bicyclic) bond motifs is 11. The van der Waals surface area contributed by atoms with Crippen LogP contribution in [0.4, 0.5) is 0 Å². The van der Waals surface area contributed by atoms with Crippen LogP contribution >= 0.6 is 0 Å². The van der Waals surface area contributed by atoms with Gasteiger partial charge in [0.15, 0.2) is 0 Å². The van der Waals surface area contributed by atoms with E-state index in [0.29, 0.717) is 0 Å². The summed E-state index contributed by atoms with van der Waals surface area (Å²) in [7, 11) is 0. The second-order valence-corrected chi connectivity index (χ2v) is 13.5. The van der Waals surface area contributed by atoms with Crippen LogP contribution in [0.2, 0.25) is 0 Å². The average molecular weight is 651 g/mol. The maximum Gasteiger partial charge on any atom is 0.132 e. The average Bonchev–Trinajstić information content (AvgIpc) is 3.55. The fourth-order valence-corrected chi connectivity index (χ4v) is 8.72. The van der Waals surface area contributed by atoms with Crippen LogP contribution in [-0.2, 0) is 5.41 Å². The third-order valence-electron chi connectivity index (χ3n) is 10.8. The molecule has 0 aliphatic carbocycles. The molecule has 0 N–H and O–H groups in total. The molecular weight excluding hydrogens is 621 g/mol. The second-order valence-electron chi connectivity index (χ2n) is 13.5. The first kappa shape index (κ1) is 28.2. The lowest BCUT2D eigenvalue weighted by Crippen LogP contribution is -2.37. The Morgan fingerprint density at radius 3 is 1.88 bits per heavy atom. The predicted octanol–water partition coefficient (Wildman–Crippen LogP) is 12.0. The number of rotatable bonds is 3. The van der Waals surface area contributed by atoms with Gasteiger partial charge in [-0.2, -0.15) is 0 Å². The van der Waals surface area contributed by atoms with Crippen molar-refractivity contribution in [3.05, 3.63) is 204 Å². The molecule has 7 aromatic carbocycles. The molecule has 2 aromatic heterocycles. The Labute approximate surface area is 295 Å². The first-order chi connectivity index (χ1) is 25.3. The summed E-state index contributed by atoms with van der Waals surface area (Å²) in [5.41, 5.74) is 14.1. The third kappa shape index (κ3) is 3.92. The van der Waals surface area contributed by atoms with Gasteiger partial charge in [-0.3, -0.25) is 0 Å². The molecule has 0 saturated carbocycles. The molecule has 0 bridgehead atoms. The van der Waals surface area contributed by atoms with Crippen molar-refractivity contribution in [1.29, 1.82) is 0 Å². The van der Waals surface area contributed by atoms with Crippen molar-refractivity contribution in [2.45, 2.75) is 5.41 Å². The van der Waals surface area contributed by atoms with Gasteiger partial charge < -0.3 is 9.30 Å². The number of hydrogen-bond donors (Lipinski definition) is 0. The normalized spacial score (nSPS) is 15.3. The van der Waals surface area contributed by atoms with Crippen molar-refractivity contribution < 1.29 is 4.74 Å². The van der Waals surface area contributed by atoms with E-state index in [9.17, 15) is 0 Å². The summed E-state index contributed by atoms with van der Waals surface area (Å²) in [4.78, 5) is 5.26. The van der Waals surface area contributed by atoms with Crippen LogP contribution in [0, 0.1) is 0 Å². The maximum absolute atomic E-state index is 6.92. The minimum atomic E-state index is -0.600. The second kappa shape index (κ2) is 10.6. The number of hydrogen-bond acceptors (Lipinski definition) is 2. The molecule has 0 amide bonds. The molecule has 51 heavy (non-hydrogen) atoms. The van der Waals surface area contributed by atoms with Gasteiger partial charge in [0.2, 0.25) is 0 Å². The molecule has 1 atom stereocenters. The Kier molecular flexibility index (Phi) is 5.88. The van der Waals surface area contributed by atoms with E-state index in [1.54, 1.807) is 0 Å². The van der Waals surface area contributed by atoms with E-state index in [2.05, 4.69) is 180 Å². The highest BCUT2D eigenvalue weighted by Gasteiger charge is 2.50. The van der Waals surface area contributed by atoms with Crippen LogP contribution in [0.5, 0.6) is 11.5 Å². The summed E-state index contributed by atoms with van der Waals surface area (Å²) < 4.78 is 9.39. The summed E-state index contributed by atoms with van der Waals surface area (Å²) >= 11 is 0. The molecule has 3 heteroatoms. The zero-order chi connectivity index (χ0) is 33.5. The smallest absolute Gasteiger partial charge is 0.132 e. The Bertz CT molecular complexity index is 2780. The van der Waals surface area contributed by atoms with Gasteiger partial charge in [-0.1, -0.05) is 146 Å². The lowest BCUT2D eigenvalue weighted by atomic mass is 9.61. The van der Waals surface area contributed by atoms with Crippen molar-refractivity contribution in [2.24, 2.45) is 0 Å². The number of benzene rings is 7. The first-order valence-electron chi connectivity index (χ1n) is 17.5. The van der Waals surface area contributed by atoms with Gasteiger partial charge in [-0.05, 0) is 58.7 Å². The molecule has 2 aliphatic heterocycles. The monoisotopic (exact) mass is 650 g/mol. The van der Waals surface area contributed by atoms with Crippen LogP contribution in [0.1, 0.15) is 22.3 Å². The maximum atomic E-state index is 6.92. The molecule has 0 fully saturated rings. The topological polar surface area (TPSA) is 27.1 Å². The number of nitrogens with zero attached hydrogens (tertiary/aromatic N) is 2. The van der Waals surface area contributed by atoms with Crippen LogP contribution in [0.25, 0.3) is 61.1 Å². The highest BCUT2D eigenvalue weighted by molar-refractivity contribution is 6.12. The first-order valence-corrected chi connectivity index (χ1v) is 17.5. The van der Waals surface area contributed by atoms with Gasteiger partial charge in [-0.25, -0.2) is 4.98 Å². The molecule has 1 unspecified atom stereocenters. The predicted molar refractivity (Wildman–Crippen MR) is 207 cm³/mol. The van der Waals surface area contributed by atoms with Gasteiger partial charge in [0.05, 0.1) is 33.5 Å². The molecule has 0 radical (unpaired) electrons. The van der Waals surface area contributed by atoms with E-state index in [1.165, 1.54) is 38.6 Å². The standard InChI is InChI=1S/C48H30N2O/c1-3-14-31(15-4-1)34-28-41(32-16-5-2-6-17-32)49-42(29-34)33-26-27-39-46(30-33)51-45-25-12-9-21-38(45)48(39)37-20-8-11-24-44(37)50-43-23-10-7-18-35(43)36-19-13-22-40(48)47(36)50/h1-30H. The fourth-order valence-electron chi connectivity index (χ4n) is 8.72. The molecular formula is C48H30N2O. The lowest BCUT2D eigenvalue weighted by Gasteiger charge is -2.45. The number of aromatic nitrogens is 2.